The lowest BCUT2D eigenvalue weighted by Crippen LogP contribution is -2.36. The van der Waals surface area contributed by atoms with Gasteiger partial charge in [-0.15, -0.1) is 0 Å². The smallest absolute Gasteiger partial charge is 0.328 e. The molecule has 0 spiro atoms. The zero-order chi connectivity index (χ0) is 37.2. The third-order valence-corrected chi connectivity index (χ3v) is 11.6. The first-order valence-corrected chi connectivity index (χ1v) is 20.1. The monoisotopic (exact) mass is 1420 g/mol. The fraction of sp³-hybridized carbons (Fsp3) is 0.133. The molecule has 0 aliphatic carbocycles. The lowest BCUT2D eigenvalue weighted by Gasteiger charge is -2.16. The van der Waals surface area contributed by atoms with Crippen LogP contribution in [0.2, 0.25) is 2.82 Å². The molecule has 242 valence electrons. The molecule has 0 radical (unpaired) electrons. The van der Waals surface area contributed by atoms with Crippen molar-refractivity contribution in [2.75, 3.05) is 0 Å². The number of hydrogen-bond acceptors (Lipinski definition) is 8. The molecule has 0 saturated carbocycles. The molecule has 16 heteroatoms. The standard InChI is InChI=1S/C30H21I7N2O7/c31-16-9-14(44-27-19(34)3-12(4-20(27)35)7-23(38)29(41)42)1-2-25(16)46-30(43)24(39)8-13-5-21(36)28(22(37)6-13)45-15-10-17(32)26(40)18(33)11-15/h1-6,9-11,23-24,40H,7-8,38-39H2,(H,41,42)/t23-,24-/m0/s1/i7T,23T/hT2/t7?,23-,24-. The van der Waals surface area contributed by atoms with Crippen LogP contribution in [0.4, 0.5) is 0 Å². The lowest BCUT2D eigenvalue weighted by atomic mass is 10.1. The maximum atomic E-state index is 13.0. The van der Waals surface area contributed by atoms with Crippen LogP contribution in [0.1, 0.15) is 13.9 Å². The highest BCUT2D eigenvalue weighted by molar-refractivity contribution is 14.1. The third kappa shape index (κ3) is 10.4. The van der Waals surface area contributed by atoms with Crippen LogP contribution in [0.25, 0.3) is 0 Å². The van der Waals surface area contributed by atoms with Gasteiger partial charge in [-0.1, -0.05) is 0 Å². The molecule has 0 saturated heterocycles. The van der Waals surface area contributed by atoms with Gasteiger partial charge in [0.15, 0.2) is 11.5 Å². The second-order valence-corrected chi connectivity index (χ2v) is 17.4. The number of benzene rings is 4. The second kappa shape index (κ2) is 17.5. The molecule has 0 aromatic heterocycles. The molecule has 0 bridgehead atoms. The molecule has 4 aromatic carbocycles. The van der Waals surface area contributed by atoms with Gasteiger partial charge in [0, 0.05) is 1.37 Å². The zero-order valence-electron chi connectivity index (χ0n) is 26.7. The van der Waals surface area contributed by atoms with E-state index in [4.69, 9.17) is 25.5 Å². The summed E-state index contributed by atoms with van der Waals surface area (Å²) in [5, 5.41) is 19.5. The van der Waals surface area contributed by atoms with Crippen molar-refractivity contribution in [2.45, 2.75) is 24.9 Å². The van der Waals surface area contributed by atoms with Crippen molar-refractivity contribution in [2.24, 2.45) is 11.5 Å². The Morgan fingerprint density at radius 3 is 1.78 bits per heavy atom. The summed E-state index contributed by atoms with van der Waals surface area (Å²) in [5.41, 5.74) is 6.93. The molecule has 4 rings (SSSR count). The molecule has 0 aliphatic rings. The lowest BCUT2D eigenvalue weighted by molar-refractivity contribution is -0.138. The number of rotatable bonds is 12. The molecule has 46 heavy (non-hydrogen) atoms. The molecule has 1 unspecified atom stereocenters. The van der Waals surface area contributed by atoms with Gasteiger partial charge in [0.2, 0.25) is 0 Å². The quantitative estimate of drug-likeness (QED) is 0.0621. The fourth-order valence-electron chi connectivity index (χ4n) is 3.79. The van der Waals surface area contributed by atoms with Gasteiger partial charge < -0.3 is 35.9 Å². The number of phenolic OH excluding ortho intramolecular Hbond substituents is 1. The van der Waals surface area contributed by atoms with E-state index in [0.717, 1.165) is 12.7 Å². The van der Waals surface area contributed by atoms with E-state index in [1.807, 2.05) is 125 Å². The van der Waals surface area contributed by atoms with Crippen LogP contribution in [-0.4, -0.2) is 34.2 Å². The number of carbonyl (C=O) groups excluding carboxylic acids is 1. The Morgan fingerprint density at radius 2 is 1.28 bits per heavy atom. The topological polar surface area (TPSA) is 154 Å². The van der Waals surface area contributed by atoms with Gasteiger partial charge in [0.25, 0.3) is 0 Å². The summed E-state index contributed by atoms with van der Waals surface area (Å²) in [4.78, 5) is 24.7. The summed E-state index contributed by atoms with van der Waals surface area (Å²) in [6.45, 7) is 0. The van der Waals surface area contributed by atoms with Gasteiger partial charge in [-0.25, -0.2) is 4.79 Å². The highest BCUT2D eigenvalue weighted by Crippen LogP contribution is 2.38. The van der Waals surface area contributed by atoms with Crippen molar-refractivity contribution in [3.8, 4) is 34.5 Å². The predicted molar refractivity (Wildman–Crippen MR) is 233 cm³/mol. The first-order chi connectivity index (χ1) is 23.3. The largest absolute Gasteiger partial charge is 0.506 e. The normalized spacial score (nSPS) is 15.1. The minimum absolute atomic E-state index is 0.133. The maximum absolute atomic E-state index is 13.0. The molecule has 0 heterocycles. The Morgan fingerprint density at radius 1 is 0.783 bits per heavy atom. The second-order valence-electron chi connectivity index (χ2n) is 9.30. The van der Waals surface area contributed by atoms with Gasteiger partial charge in [-0.2, -0.15) is 0 Å². The summed E-state index contributed by atoms with van der Waals surface area (Å²) in [6.07, 6.45) is -1.53. The van der Waals surface area contributed by atoms with E-state index in [1.165, 1.54) is 12.1 Å². The third-order valence-electron chi connectivity index (χ3n) is 5.90. The van der Waals surface area contributed by atoms with Gasteiger partial charge in [-0.3, -0.25) is 4.79 Å². The SMILES string of the molecule is [3H]C(c1cc(I)c(Oc2ccc(OC(=O)[C@@H](N)Cc3cc(I)c(Oc4cc(I)c(O)c(I)c4)c(I)c3)c(I)c2)c(I)c1)[C@@]([3H])(C(=O)O)N([3H])[3H]. The van der Waals surface area contributed by atoms with E-state index in [-0.39, 0.29) is 29.2 Å². The minimum atomic E-state index is -2.84. The van der Waals surface area contributed by atoms with Gasteiger partial charge >= 0.3 is 11.9 Å². The van der Waals surface area contributed by atoms with E-state index in [2.05, 4.69) is 45.2 Å². The van der Waals surface area contributed by atoms with Crippen molar-refractivity contribution in [3.63, 3.8) is 0 Å². The zero-order valence-corrected chi connectivity index (χ0v) is 37.8. The number of aliphatic carboxylic acids is 1. The van der Waals surface area contributed by atoms with E-state index >= 15 is 0 Å². The molecule has 9 nitrogen and oxygen atoms in total. The van der Waals surface area contributed by atoms with Crippen LogP contribution in [0.5, 0.6) is 34.5 Å². The van der Waals surface area contributed by atoms with Gasteiger partial charge in [0.1, 0.15) is 37.9 Å². The number of aromatic hydroxyl groups is 1. The van der Waals surface area contributed by atoms with Crippen molar-refractivity contribution in [1.82, 2.24) is 0 Å². The van der Waals surface area contributed by atoms with Gasteiger partial charge in [-0.05, 0) is 237 Å². The van der Waals surface area contributed by atoms with Crippen LogP contribution in [0, 0.1) is 25.0 Å². The average molecular weight is 1420 g/mol. The predicted octanol–water partition coefficient (Wildman–Crippen LogP) is 8.64. The first kappa shape index (κ1) is 33.4. The molecule has 4 aromatic rings. The highest BCUT2D eigenvalue weighted by atomic mass is 127. The Balaban J connectivity index is 1.43. The van der Waals surface area contributed by atoms with Crippen molar-refractivity contribution in [1.29, 1.82) is 0 Å². The van der Waals surface area contributed by atoms with Crippen LogP contribution >= 0.6 is 158 Å². The number of carbonyl (C=O) groups is 2. The van der Waals surface area contributed by atoms with Crippen LogP contribution in [0.15, 0.2) is 54.6 Å². The summed E-state index contributed by atoms with van der Waals surface area (Å²) < 4.78 is 53.7. The Kier molecular flexibility index (Phi) is 12.7. The number of carboxylic acid groups (broad SMARTS) is 1. The molecular weight excluding hydrogens is 1390 g/mol. The Hall–Kier alpha value is 0.250. The highest BCUT2D eigenvalue weighted by Gasteiger charge is 2.21. The number of phenols is 1. The minimum Gasteiger partial charge on any atom is -0.506 e. The maximum Gasteiger partial charge on any atom is 0.328 e. The van der Waals surface area contributed by atoms with Crippen molar-refractivity contribution >= 4 is 170 Å². The molecule has 3 atom stereocenters. The summed E-state index contributed by atoms with van der Waals surface area (Å²) in [5.74, 6) is 0.159. The van der Waals surface area contributed by atoms with Crippen molar-refractivity contribution < 1.29 is 39.6 Å². The molecular formula is C30H21I7N2O7. The summed E-state index contributed by atoms with van der Waals surface area (Å²) in [7, 11) is 0. The number of halogens is 7. The average Bonchev–Trinajstić information content (AvgIpc) is 3.03. The molecule has 0 fully saturated rings. The first-order valence-electron chi connectivity index (χ1n) is 14.5. The summed E-state index contributed by atoms with van der Waals surface area (Å²) in [6, 6.07) is 11.3. The number of carboxylic acids is 1. The van der Waals surface area contributed by atoms with Crippen LogP contribution in [-0.2, 0) is 22.4 Å². The number of nitrogens with two attached hydrogens (primary N) is 2. The van der Waals surface area contributed by atoms with Crippen LogP contribution < -0.4 is 25.7 Å². The number of hydrogen-bond donors (Lipinski definition) is 4. The van der Waals surface area contributed by atoms with E-state index in [1.54, 1.807) is 30.3 Å². The molecule has 0 aliphatic heterocycles. The number of ether oxygens (including phenoxy) is 3. The van der Waals surface area contributed by atoms with Crippen LogP contribution in [0.3, 0.4) is 0 Å². The molecule has 0 amide bonds. The van der Waals surface area contributed by atoms with Gasteiger partial charge in [0.05, 0.1) is 26.4 Å². The Labute approximate surface area is 365 Å². The van der Waals surface area contributed by atoms with Crippen molar-refractivity contribution in [3.05, 3.63) is 90.7 Å². The fourth-order valence-corrected chi connectivity index (χ4v) is 10.3. The van der Waals surface area contributed by atoms with E-state index in [0.29, 0.717) is 40.8 Å². The van der Waals surface area contributed by atoms with E-state index in [9.17, 15) is 19.8 Å². The summed E-state index contributed by atoms with van der Waals surface area (Å²) >= 11 is 14.4. The number of esters is 1. The molecule has 6 N–H and O–H groups in total. The Bertz CT molecular complexity index is 1910. The van der Waals surface area contributed by atoms with E-state index < -0.39 is 30.4 Å².